The molecule has 20 heavy (non-hydrogen) atoms. The summed E-state index contributed by atoms with van der Waals surface area (Å²) in [5.41, 5.74) is 0.475. The van der Waals surface area contributed by atoms with Crippen LogP contribution in [0.4, 0.5) is 0 Å². The zero-order chi connectivity index (χ0) is 13.7. The van der Waals surface area contributed by atoms with Gasteiger partial charge in [-0.3, -0.25) is 0 Å². The summed E-state index contributed by atoms with van der Waals surface area (Å²) in [6, 6.07) is 11.6. The van der Waals surface area contributed by atoms with E-state index >= 15 is 0 Å². The Morgan fingerprint density at radius 2 is 1.90 bits per heavy atom. The van der Waals surface area contributed by atoms with Crippen molar-refractivity contribution >= 4 is 11.8 Å². The molecule has 0 atom stereocenters. The lowest BCUT2D eigenvalue weighted by Crippen LogP contribution is -2.40. The number of rotatable bonds is 7. The Labute approximate surface area is 126 Å². The lowest BCUT2D eigenvalue weighted by Gasteiger charge is -2.37. The first-order valence-electron chi connectivity index (χ1n) is 7.85. The van der Waals surface area contributed by atoms with Crippen molar-refractivity contribution < 1.29 is 4.74 Å². The molecule has 1 N–H and O–H groups in total. The first-order valence-corrected chi connectivity index (χ1v) is 8.84. The number of benzene rings is 1. The SMILES string of the molecule is c1ccc(SCCC2(CNC3CC3)CCOCC2)cc1. The molecule has 110 valence electrons. The van der Waals surface area contributed by atoms with E-state index in [-0.39, 0.29) is 0 Å². The molecule has 0 bridgehead atoms. The third-order valence-corrected chi connectivity index (χ3v) is 5.55. The van der Waals surface area contributed by atoms with E-state index in [1.54, 1.807) is 0 Å². The highest BCUT2D eigenvalue weighted by molar-refractivity contribution is 7.99. The second-order valence-corrected chi connectivity index (χ2v) is 7.35. The first kappa shape index (κ1) is 14.4. The molecule has 2 fully saturated rings. The summed E-state index contributed by atoms with van der Waals surface area (Å²) in [4.78, 5) is 1.39. The minimum Gasteiger partial charge on any atom is -0.381 e. The average molecular weight is 291 g/mol. The molecular formula is C17H25NOS. The van der Waals surface area contributed by atoms with Gasteiger partial charge >= 0.3 is 0 Å². The van der Waals surface area contributed by atoms with Crippen molar-refractivity contribution in [1.29, 1.82) is 0 Å². The molecule has 1 heterocycles. The molecule has 1 aliphatic carbocycles. The van der Waals surface area contributed by atoms with E-state index in [1.165, 1.54) is 49.3 Å². The fourth-order valence-corrected chi connectivity index (χ4v) is 3.99. The fraction of sp³-hybridized carbons (Fsp3) is 0.647. The van der Waals surface area contributed by atoms with Crippen LogP contribution in [0.1, 0.15) is 32.1 Å². The van der Waals surface area contributed by atoms with Crippen LogP contribution in [0.5, 0.6) is 0 Å². The van der Waals surface area contributed by atoms with Gasteiger partial charge in [0.25, 0.3) is 0 Å². The quantitative estimate of drug-likeness (QED) is 0.774. The number of nitrogens with one attached hydrogen (secondary N) is 1. The molecule has 1 aromatic rings. The third kappa shape index (κ3) is 4.24. The highest BCUT2D eigenvalue weighted by Crippen LogP contribution is 2.36. The number of hydrogen-bond acceptors (Lipinski definition) is 3. The number of thioether (sulfide) groups is 1. The summed E-state index contributed by atoms with van der Waals surface area (Å²) in [5.74, 6) is 1.22. The molecule has 2 aliphatic rings. The van der Waals surface area contributed by atoms with Gasteiger partial charge in [0.1, 0.15) is 0 Å². The van der Waals surface area contributed by atoms with Crippen LogP contribution in [0, 0.1) is 5.41 Å². The van der Waals surface area contributed by atoms with Gasteiger partial charge in [-0.2, -0.15) is 0 Å². The van der Waals surface area contributed by atoms with E-state index in [1.807, 2.05) is 11.8 Å². The van der Waals surface area contributed by atoms with Crippen molar-refractivity contribution in [3.05, 3.63) is 30.3 Å². The summed E-state index contributed by atoms with van der Waals surface area (Å²) < 4.78 is 5.58. The predicted molar refractivity (Wildman–Crippen MR) is 85.3 cm³/mol. The van der Waals surface area contributed by atoms with Crippen LogP contribution in [-0.2, 0) is 4.74 Å². The van der Waals surface area contributed by atoms with Gasteiger partial charge in [0.15, 0.2) is 0 Å². The van der Waals surface area contributed by atoms with Gasteiger partial charge in [-0.25, -0.2) is 0 Å². The molecule has 1 aliphatic heterocycles. The van der Waals surface area contributed by atoms with E-state index in [4.69, 9.17) is 4.74 Å². The molecule has 1 saturated carbocycles. The van der Waals surface area contributed by atoms with Crippen LogP contribution in [0.2, 0.25) is 0 Å². The van der Waals surface area contributed by atoms with Crippen LogP contribution in [-0.4, -0.2) is 31.6 Å². The van der Waals surface area contributed by atoms with Gasteiger partial charge in [0.2, 0.25) is 0 Å². The maximum absolute atomic E-state index is 5.58. The Balaban J connectivity index is 1.49. The standard InChI is InChI=1S/C17H25NOS/c1-2-4-16(5-3-1)20-13-10-17(8-11-19-12-9-17)14-18-15-6-7-15/h1-5,15,18H,6-14H2. The molecule has 0 unspecified atom stereocenters. The molecule has 0 radical (unpaired) electrons. The van der Waals surface area contributed by atoms with Crippen molar-refractivity contribution in [2.24, 2.45) is 5.41 Å². The summed E-state index contributed by atoms with van der Waals surface area (Å²) in [6.45, 7) is 3.08. The summed E-state index contributed by atoms with van der Waals surface area (Å²) in [7, 11) is 0. The molecule has 2 nitrogen and oxygen atoms in total. The molecule has 0 amide bonds. The normalized spacial score (nSPS) is 21.8. The highest BCUT2D eigenvalue weighted by Gasteiger charge is 2.34. The van der Waals surface area contributed by atoms with E-state index in [0.717, 1.165) is 19.3 Å². The van der Waals surface area contributed by atoms with Crippen LogP contribution < -0.4 is 5.32 Å². The summed E-state index contributed by atoms with van der Waals surface area (Å²) >= 11 is 1.99. The monoisotopic (exact) mass is 291 g/mol. The van der Waals surface area contributed by atoms with Gasteiger partial charge < -0.3 is 10.1 Å². The maximum Gasteiger partial charge on any atom is 0.0471 e. The third-order valence-electron chi connectivity index (χ3n) is 4.54. The minimum atomic E-state index is 0.475. The molecule has 3 rings (SSSR count). The van der Waals surface area contributed by atoms with Crippen molar-refractivity contribution in [2.75, 3.05) is 25.5 Å². The van der Waals surface area contributed by atoms with Crippen LogP contribution >= 0.6 is 11.8 Å². The maximum atomic E-state index is 5.58. The second-order valence-electron chi connectivity index (χ2n) is 6.18. The average Bonchev–Trinajstić information content (AvgIpc) is 3.32. The Kier molecular flexibility index (Phi) is 5.03. The zero-order valence-electron chi connectivity index (χ0n) is 12.1. The van der Waals surface area contributed by atoms with Gasteiger partial charge in [0, 0.05) is 30.7 Å². The summed E-state index contributed by atoms with van der Waals surface area (Å²) in [5, 5.41) is 3.75. The first-order chi connectivity index (χ1) is 9.86. The molecule has 0 aromatic heterocycles. The molecule has 1 aromatic carbocycles. The number of ether oxygens (including phenoxy) is 1. The Morgan fingerprint density at radius 1 is 1.15 bits per heavy atom. The van der Waals surface area contributed by atoms with Gasteiger partial charge in [0.05, 0.1) is 0 Å². The molecule has 3 heteroatoms. The topological polar surface area (TPSA) is 21.3 Å². The lowest BCUT2D eigenvalue weighted by molar-refractivity contribution is 0.0133. The van der Waals surface area contributed by atoms with Crippen molar-refractivity contribution in [2.45, 2.75) is 43.0 Å². The summed E-state index contributed by atoms with van der Waals surface area (Å²) in [6.07, 6.45) is 6.51. The lowest BCUT2D eigenvalue weighted by atomic mass is 9.77. The zero-order valence-corrected chi connectivity index (χ0v) is 13.0. The smallest absolute Gasteiger partial charge is 0.0471 e. The Hall–Kier alpha value is -0.510. The second kappa shape index (κ2) is 6.97. The van der Waals surface area contributed by atoms with Gasteiger partial charge in [-0.1, -0.05) is 18.2 Å². The largest absolute Gasteiger partial charge is 0.381 e. The molecule has 1 saturated heterocycles. The predicted octanol–water partition coefficient (Wildman–Crippen LogP) is 3.72. The van der Waals surface area contributed by atoms with Crippen LogP contribution in [0.15, 0.2) is 35.2 Å². The van der Waals surface area contributed by atoms with E-state index in [0.29, 0.717) is 5.41 Å². The minimum absolute atomic E-state index is 0.475. The van der Waals surface area contributed by atoms with Gasteiger partial charge in [-0.05, 0) is 55.4 Å². The fourth-order valence-electron chi connectivity index (χ4n) is 2.87. The van der Waals surface area contributed by atoms with Crippen molar-refractivity contribution in [1.82, 2.24) is 5.32 Å². The molecular weight excluding hydrogens is 266 g/mol. The Morgan fingerprint density at radius 3 is 2.60 bits per heavy atom. The van der Waals surface area contributed by atoms with Crippen LogP contribution in [0.25, 0.3) is 0 Å². The Bertz CT molecular complexity index is 399. The molecule has 0 spiro atoms. The van der Waals surface area contributed by atoms with Crippen LogP contribution in [0.3, 0.4) is 0 Å². The van der Waals surface area contributed by atoms with Crippen molar-refractivity contribution in [3.63, 3.8) is 0 Å². The number of hydrogen-bond donors (Lipinski definition) is 1. The van der Waals surface area contributed by atoms with Gasteiger partial charge in [-0.15, -0.1) is 11.8 Å². The highest BCUT2D eigenvalue weighted by atomic mass is 32.2. The van der Waals surface area contributed by atoms with E-state index < -0.39 is 0 Å². The van der Waals surface area contributed by atoms with E-state index in [9.17, 15) is 0 Å². The van der Waals surface area contributed by atoms with Crippen molar-refractivity contribution in [3.8, 4) is 0 Å². The van der Waals surface area contributed by atoms with E-state index in [2.05, 4.69) is 35.6 Å².